The van der Waals surface area contributed by atoms with E-state index < -0.39 is 11.7 Å². The number of aryl methyl sites for hydroxylation is 2. The molecule has 7 heteroatoms. The maximum atomic E-state index is 14.4. The lowest BCUT2D eigenvalue weighted by Gasteiger charge is -2.29. The Kier molecular flexibility index (Phi) is 4.89. The van der Waals surface area contributed by atoms with Crippen LogP contribution >= 0.6 is 15.9 Å². The van der Waals surface area contributed by atoms with Crippen LogP contribution in [0.3, 0.4) is 0 Å². The van der Waals surface area contributed by atoms with Gasteiger partial charge in [-0.25, -0.2) is 14.4 Å². The average Bonchev–Trinajstić information content (AvgIpc) is 3.13. The molecule has 2 atom stereocenters. The van der Waals surface area contributed by atoms with E-state index in [1.54, 1.807) is 19.9 Å². The summed E-state index contributed by atoms with van der Waals surface area (Å²) < 4.78 is 15.4. The lowest BCUT2D eigenvalue weighted by atomic mass is 9.97. The highest BCUT2D eigenvalue weighted by molar-refractivity contribution is 9.10. The van der Waals surface area contributed by atoms with Gasteiger partial charge in [0.15, 0.2) is 11.5 Å². The van der Waals surface area contributed by atoms with E-state index in [0.717, 1.165) is 36.2 Å². The van der Waals surface area contributed by atoms with Crippen LogP contribution in [-0.4, -0.2) is 34.5 Å². The summed E-state index contributed by atoms with van der Waals surface area (Å²) in [5, 5.41) is 3.08. The monoisotopic (exact) mass is 446 g/mol. The fourth-order valence-electron chi connectivity index (χ4n) is 4.79. The Hall–Kier alpha value is -2.02. The molecule has 1 amide bonds. The number of aromatic nitrogens is 2. The van der Waals surface area contributed by atoms with Crippen molar-refractivity contribution in [3.8, 4) is 0 Å². The Morgan fingerprint density at radius 2 is 1.96 bits per heavy atom. The summed E-state index contributed by atoms with van der Waals surface area (Å²) in [5.41, 5.74) is 0.660. The van der Waals surface area contributed by atoms with Crippen LogP contribution in [0.15, 0.2) is 28.9 Å². The lowest BCUT2D eigenvalue weighted by Crippen LogP contribution is -2.45. The molecule has 0 spiro atoms. The zero-order chi connectivity index (χ0) is 20.1. The number of hydrogen-bond donors (Lipinski definition) is 1. The minimum Gasteiger partial charge on any atom is -0.356 e. The summed E-state index contributed by atoms with van der Waals surface area (Å²) in [7, 11) is 0. The molecule has 4 rings (SSSR count). The van der Waals surface area contributed by atoms with Gasteiger partial charge in [0.05, 0.1) is 0 Å². The van der Waals surface area contributed by atoms with Crippen molar-refractivity contribution in [2.45, 2.75) is 39.2 Å². The minimum absolute atomic E-state index is 0.100. The van der Waals surface area contributed by atoms with Crippen molar-refractivity contribution in [2.24, 2.45) is 11.8 Å². The van der Waals surface area contributed by atoms with Gasteiger partial charge in [0, 0.05) is 35.0 Å². The van der Waals surface area contributed by atoms with E-state index >= 15 is 0 Å². The molecule has 0 radical (unpaired) electrons. The molecule has 1 saturated heterocycles. The lowest BCUT2D eigenvalue weighted by molar-refractivity contribution is 0.0894. The Morgan fingerprint density at radius 3 is 2.57 bits per heavy atom. The van der Waals surface area contributed by atoms with E-state index in [1.165, 1.54) is 0 Å². The number of amides is 1. The summed E-state index contributed by atoms with van der Waals surface area (Å²) in [6.07, 6.45) is 3.57. The molecular formula is C21H24BrFN4O. The highest BCUT2D eigenvalue weighted by Gasteiger charge is 2.47. The summed E-state index contributed by atoms with van der Waals surface area (Å²) in [5.74, 6) is 1.03. The first-order valence-corrected chi connectivity index (χ1v) is 10.4. The Bertz CT molecular complexity index is 903. The van der Waals surface area contributed by atoms with Gasteiger partial charge in [-0.05, 0) is 85.1 Å². The molecule has 2 fully saturated rings. The van der Waals surface area contributed by atoms with Crippen molar-refractivity contribution >= 4 is 27.7 Å². The van der Waals surface area contributed by atoms with Crippen molar-refractivity contribution in [3.63, 3.8) is 0 Å². The number of rotatable bonds is 3. The molecule has 148 valence electrons. The smallest absolute Gasteiger partial charge is 0.273 e. The molecule has 1 saturated carbocycles. The predicted octanol–water partition coefficient (Wildman–Crippen LogP) is 4.03. The van der Waals surface area contributed by atoms with Crippen molar-refractivity contribution in [3.05, 3.63) is 51.6 Å². The fraction of sp³-hybridized carbons (Fsp3) is 0.476. The third-order valence-corrected chi connectivity index (χ3v) is 6.40. The number of pyridine rings is 2. The summed E-state index contributed by atoms with van der Waals surface area (Å²) in [6.45, 7) is 7.36. The highest BCUT2D eigenvalue weighted by Crippen LogP contribution is 2.44. The van der Waals surface area contributed by atoms with Gasteiger partial charge in [0.1, 0.15) is 5.82 Å². The topological polar surface area (TPSA) is 58.1 Å². The Balaban J connectivity index is 1.43. The molecule has 1 aliphatic carbocycles. The van der Waals surface area contributed by atoms with Crippen LogP contribution in [0.25, 0.3) is 0 Å². The van der Waals surface area contributed by atoms with Crippen LogP contribution in [0.1, 0.15) is 41.5 Å². The van der Waals surface area contributed by atoms with Gasteiger partial charge >= 0.3 is 0 Å². The molecule has 2 aromatic rings. The van der Waals surface area contributed by atoms with Crippen LogP contribution in [0.4, 0.5) is 10.2 Å². The first kappa shape index (κ1) is 19.3. The normalized spacial score (nSPS) is 26.4. The first-order chi connectivity index (χ1) is 13.2. The molecule has 3 heterocycles. The van der Waals surface area contributed by atoms with E-state index in [9.17, 15) is 9.18 Å². The van der Waals surface area contributed by atoms with E-state index in [2.05, 4.69) is 43.0 Å². The third kappa shape index (κ3) is 3.64. The Labute approximate surface area is 172 Å². The fourth-order valence-corrected chi connectivity index (χ4v) is 5.03. The highest BCUT2D eigenvalue weighted by atomic mass is 79.9. The second-order valence-corrected chi connectivity index (χ2v) is 9.34. The number of hydrogen-bond acceptors (Lipinski definition) is 4. The summed E-state index contributed by atoms with van der Waals surface area (Å²) in [6, 6.07) is 5.69. The Morgan fingerprint density at radius 1 is 1.29 bits per heavy atom. The predicted molar refractivity (Wildman–Crippen MR) is 110 cm³/mol. The SMILES string of the molecule is Cc1cc(C)c(F)c(C(=O)NC2(C)CC3CN(c4ccc(Br)cn4)CC3C2)n1. The second-order valence-electron chi connectivity index (χ2n) is 8.43. The van der Waals surface area contributed by atoms with Crippen LogP contribution in [0, 0.1) is 31.5 Å². The molecular weight excluding hydrogens is 423 g/mol. The van der Waals surface area contributed by atoms with Gasteiger partial charge in [0.25, 0.3) is 5.91 Å². The molecule has 2 aromatic heterocycles. The van der Waals surface area contributed by atoms with Crippen molar-refractivity contribution in [1.29, 1.82) is 0 Å². The van der Waals surface area contributed by atoms with E-state index in [0.29, 0.717) is 23.1 Å². The van der Waals surface area contributed by atoms with Crippen molar-refractivity contribution in [1.82, 2.24) is 15.3 Å². The average molecular weight is 447 g/mol. The van der Waals surface area contributed by atoms with Gasteiger partial charge in [0.2, 0.25) is 0 Å². The zero-order valence-electron chi connectivity index (χ0n) is 16.3. The maximum absolute atomic E-state index is 14.4. The molecule has 2 unspecified atom stereocenters. The van der Waals surface area contributed by atoms with E-state index in [-0.39, 0.29) is 11.2 Å². The number of anilines is 1. The van der Waals surface area contributed by atoms with E-state index in [1.807, 2.05) is 18.3 Å². The first-order valence-electron chi connectivity index (χ1n) is 9.57. The molecule has 0 aromatic carbocycles. The van der Waals surface area contributed by atoms with Crippen molar-refractivity contribution in [2.75, 3.05) is 18.0 Å². The number of carbonyl (C=O) groups excluding carboxylic acids is 1. The van der Waals surface area contributed by atoms with E-state index in [4.69, 9.17) is 0 Å². The molecule has 28 heavy (non-hydrogen) atoms. The summed E-state index contributed by atoms with van der Waals surface area (Å²) in [4.78, 5) is 23.7. The number of fused-ring (bicyclic) bond motifs is 1. The van der Waals surface area contributed by atoms with Gasteiger partial charge in [-0.2, -0.15) is 0 Å². The standard InChI is InChI=1S/C21H24BrFN4O/c1-12-6-13(2)25-19(18(12)23)20(28)26-21(3)7-14-10-27(11-15(14)8-21)17-5-4-16(22)9-24-17/h4-6,9,14-15H,7-8,10-11H2,1-3H3,(H,26,28). The number of nitrogens with one attached hydrogen (secondary N) is 1. The molecule has 1 N–H and O–H groups in total. The minimum atomic E-state index is -0.530. The van der Waals surface area contributed by atoms with Gasteiger partial charge in [-0.15, -0.1) is 0 Å². The largest absolute Gasteiger partial charge is 0.356 e. The van der Waals surface area contributed by atoms with Crippen molar-refractivity contribution < 1.29 is 9.18 Å². The second kappa shape index (κ2) is 7.10. The number of halogens is 2. The molecule has 5 nitrogen and oxygen atoms in total. The molecule has 0 bridgehead atoms. The summed E-state index contributed by atoms with van der Waals surface area (Å²) >= 11 is 3.42. The van der Waals surface area contributed by atoms with Gasteiger partial charge in [-0.1, -0.05) is 0 Å². The molecule has 2 aliphatic rings. The maximum Gasteiger partial charge on any atom is 0.273 e. The van der Waals surface area contributed by atoms with Crippen LogP contribution < -0.4 is 10.2 Å². The number of carbonyl (C=O) groups is 1. The van der Waals surface area contributed by atoms with Gasteiger partial charge in [-0.3, -0.25) is 4.79 Å². The van der Waals surface area contributed by atoms with Crippen LogP contribution in [0.5, 0.6) is 0 Å². The van der Waals surface area contributed by atoms with Crippen LogP contribution in [0.2, 0.25) is 0 Å². The third-order valence-electron chi connectivity index (χ3n) is 5.94. The molecule has 1 aliphatic heterocycles. The van der Waals surface area contributed by atoms with Gasteiger partial charge < -0.3 is 10.2 Å². The zero-order valence-corrected chi connectivity index (χ0v) is 17.9. The quantitative estimate of drug-likeness (QED) is 0.772. The van der Waals surface area contributed by atoms with Crippen LogP contribution in [-0.2, 0) is 0 Å². The number of nitrogens with zero attached hydrogens (tertiary/aromatic N) is 3.